The molecular weight excluding hydrogens is 278 g/mol. The van der Waals surface area contributed by atoms with Gasteiger partial charge in [-0.25, -0.2) is 4.79 Å². The quantitative estimate of drug-likeness (QED) is 0.906. The number of hydrogen-bond donors (Lipinski definition) is 2. The lowest BCUT2D eigenvalue weighted by molar-refractivity contribution is 0.0698. The van der Waals surface area contributed by atoms with Crippen molar-refractivity contribution in [2.24, 2.45) is 5.73 Å². The van der Waals surface area contributed by atoms with E-state index in [0.29, 0.717) is 18.7 Å². The minimum Gasteiger partial charge on any atom is -0.478 e. The fourth-order valence-electron chi connectivity index (χ4n) is 3.61. The Kier molecular flexibility index (Phi) is 3.93. The molecule has 22 heavy (non-hydrogen) atoms. The first-order valence-electron chi connectivity index (χ1n) is 7.87. The van der Waals surface area contributed by atoms with Crippen molar-refractivity contribution in [3.63, 3.8) is 0 Å². The predicted molar refractivity (Wildman–Crippen MR) is 87.3 cm³/mol. The highest BCUT2D eigenvalue weighted by Gasteiger charge is 2.26. The molecule has 0 saturated heterocycles. The summed E-state index contributed by atoms with van der Waals surface area (Å²) in [6.07, 6.45) is 0.954. The third-order valence-corrected chi connectivity index (χ3v) is 4.72. The van der Waals surface area contributed by atoms with E-state index in [1.807, 2.05) is 13.0 Å². The minimum atomic E-state index is -0.858. The summed E-state index contributed by atoms with van der Waals surface area (Å²) in [6, 6.07) is 3.99. The summed E-state index contributed by atoms with van der Waals surface area (Å²) < 4.78 is 2.15. The molecular formula is C17H23N3O2. The van der Waals surface area contributed by atoms with Crippen molar-refractivity contribution >= 4 is 16.9 Å². The van der Waals surface area contributed by atoms with Gasteiger partial charge in [0.05, 0.1) is 11.1 Å². The van der Waals surface area contributed by atoms with Crippen LogP contribution in [-0.2, 0) is 19.5 Å². The van der Waals surface area contributed by atoms with Gasteiger partial charge in [0.25, 0.3) is 0 Å². The topological polar surface area (TPSA) is 71.5 Å². The highest BCUT2D eigenvalue weighted by atomic mass is 16.4. The van der Waals surface area contributed by atoms with E-state index in [-0.39, 0.29) is 0 Å². The molecule has 1 aliphatic heterocycles. The molecule has 3 rings (SSSR count). The van der Waals surface area contributed by atoms with E-state index >= 15 is 0 Å². The molecule has 1 aromatic carbocycles. The summed E-state index contributed by atoms with van der Waals surface area (Å²) in [6.45, 7) is 8.13. The first-order valence-corrected chi connectivity index (χ1v) is 7.87. The molecule has 0 radical (unpaired) electrons. The molecule has 0 spiro atoms. The summed E-state index contributed by atoms with van der Waals surface area (Å²) in [4.78, 5) is 14.2. The first-order chi connectivity index (χ1) is 10.6. The Labute approximate surface area is 130 Å². The molecule has 5 nitrogen and oxygen atoms in total. The predicted octanol–water partition coefficient (Wildman–Crippen LogP) is 1.98. The van der Waals surface area contributed by atoms with Crippen LogP contribution in [-0.4, -0.2) is 40.2 Å². The van der Waals surface area contributed by atoms with Crippen LogP contribution in [0.4, 0.5) is 0 Å². The van der Waals surface area contributed by atoms with Crippen LogP contribution in [0.1, 0.15) is 34.1 Å². The van der Waals surface area contributed by atoms with Gasteiger partial charge in [0.2, 0.25) is 0 Å². The lowest BCUT2D eigenvalue weighted by atomic mass is 10.0. The molecule has 1 aliphatic rings. The number of carboxylic acids is 1. The summed E-state index contributed by atoms with van der Waals surface area (Å²) >= 11 is 0. The molecule has 0 aliphatic carbocycles. The Balaban J connectivity index is 2.33. The average Bonchev–Trinajstić information content (AvgIpc) is 2.80. The summed E-state index contributed by atoms with van der Waals surface area (Å²) in [5.74, 6) is -0.858. The number of carboxylic acid groups (broad SMARTS) is 1. The lowest BCUT2D eigenvalue weighted by Crippen LogP contribution is -2.31. The molecule has 1 aromatic heterocycles. The van der Waals surface area contributed by atoms with Crippen molar-refractivity contribution < 1.29 is 9.90 Å². The monoisotopic (exact) mass is 301 g/mol. The molecule has 0 amide bonds. The first kappa shape index (κ1) is 15.1. The fraction of sp³-hybridized carbons (Fsp3) is 0.471. The normalized spacial score (nSPS) is 15.2. The van der Waals surface area contributed by atoms with E-state index in [1.165, 1.54) is 11.3 Å². The van der Waals surface area contributed by atoms with Gasteiger partial charge in [-0.1, -0.05) is 19.1 Å². The van der Waals surface area contributed by atoms with Crippen molar-refractivity contribution in [3.8, 4) is 0 Å². The maximum Gasteiger partial charge on any atom is 0.338 e. The van der Waals surface area contributed by atoms with Crippen LogP contribution in [0.15, 0.2) is 12.1 Å². The lowest BCUT2D eigenvalue weighted by Gasteiger charge is -2.26. The average molecular weight is 301 g/mol. The summed E-state index contributed by atoms with van der Waals surface area (Å²) in [7, 11) is 0. The Bertz CT molecular complexity index is 733. The zero-order chi connectivity index (χ0) is 15.9. The minimum absolute atomic E-state index is 0.420. The molecule has 0 bridgehead atoms. The Morgan fingerprint density at radius 2 is 2.18 bits per heavy atom. The van der Waals surface area contributed by atoms with Crippen LogP contribution in [0.25, 0.3) is 10.9 Å². The zero-order valence-corrected chi connectivity index (χ0v) is 13.2. The number of nitrogens with two attached hydrogens (primary N) is 1. The van der Waals surface area contributed by atoms with Gasteiger partial charge >= 0.3 is 5.97 Å². The van der Waals surface area contributed by atoms with Gasteiger partial charge in [0, 0.05) is 43.7 Å². The highest BCUT2D eigenvalue weighted by molar-refractivity contribution is 6.05. The van der Waals surface area contributed by atoms with E-state index in [2.05, 4.69) is 22.5 Å². The molecule has 5 heteroatoms. The van der Waals surface area contributed by atoms with Crippen molar-refractivity contribution in [2.45, 2.75) is 33.4 Å². The standard InChI is InChI=1S/C17H23N3O2/c1-3-19-8-6-14-13(10-19)12-5-4-11(2)15(17(21)22)16(12)20(14)9-7-18/h4-5H,3,6-10,18H2,1-2H3,(H,21,22). The number of aromatic nitrogens is 1. The maximum atomic E-state index is 11.8. The van der Waals surface area contributed by atoms with Crippen molar-refractivity contribution in [1.82, 2.24) is 9.47 Å². The second kappa shape index (κ2) is 5.74. The summed E-state index contributed by atoms with van der Waals surface area (Å²) in [5.41, 5.74) is 10.4. The second-order valence-electron chi connectivity index (χ2n) is 5.94. The van der Waals surface area contributed by atoms with Gasteiger partial charge < -0.3 is 15.4 Å². The Hall–Kier alpha value is -1.85. The number of hydrogen-bond acceptors (Lipinski definition) is 3. The van der Waals surface area contributed by atoms with Gasteiger partial charge in [-0.15, -0.1) is 0 Å². The second-order valence-corrected chi connectivity index (χ2v) is 5.94. The van der Waals surface area contributed by atoms with Crippen LogP contribution in [0.2, 0.25) is 0 Å². The highest BCUT2D eigenvalue weighted by Crippen LogP contribution is 2.34. The number of aromatic carboxylic acids is 1. The Morgan fingerprint density at radius 1 is 1.41 bits per heavy atom. The van der Waals surface area contributed by atoms with Gasteiger partial charge in [0.15, 0.2) is 0 Å². The number of aryl methyl sites for hydroxylation is 1. The van der Waals surface area contributed by atoms with E-state index < -0.39 is 5.97 Å². The van der Waals surface area contributed by atoms with Gasteiger partial charge in [-0.2, -0.15) is 0 Å². The number of rotatable bonds is 4. The molecule has 0 unspecified atom stereocenters. The molecule has 0 saturated carbocycles. The van der Waals surface area contributed by atoms with Gasteiger partial charge in [0.1, 0.15) is 0 Å². The number of benzene rings is 1. The van der Waals surface area contributed by atoms with Crippen molar-refractivity contribution in [2.75, 3.05) is 19.6 Å². The molecule has 2 heterocycles. The molecule has 118 valence electrons. The Morgan fingerprint density at radius 3 is 2.82 bits per heavy atom. The molecule has 3 N–H and O–H groups in total. The molecule has 0 fully saturated rings. The van der Waals surface area contributed by atoms with Crippen LogP contribution in [0.3, 0.4) is 0 Å². The SMILES string of the molecule is CCN1CCc2c(c3ccc(C)c(C(=O)O)c3n2CCN)C1. The summed E-state index contributed by atoms with van der Waals surface area (Å²) in [5, 5.41) is 10.7. The van der Waals surface area contributed by atoms with Crippen molar-refractivity contribution in [3.05, 3.63) is 34.5 Å². The van der Waals surface area contributed by atoms with Crippen molar-refractivity contribution in [1.29, 1.82) is 0 Å². The van der Waals surface area contributed by atoms with Crippen LogP contribution < -0.4 is 5.73 Å². The van der Waals surface area contributed by atoms with E-state index in [9.17, 15) is 9.90 Å². The van der Waals surface area contributed by atoms with E-state index in [4.69, 9.17) is 5.73 Å². The number of fused-ring (bicyclic) bond motifs is 3. The molecule has 0 atom stereocenters. The smallest absolute Gasteiger partial charge is 0.338 e. The van der Waals surface area contributed by atoms with Crippen LogP contribution >= 0.6 is 0 Å². The number of nitrogens with zero attached hydrogens (tertiary/aromatic N) is 2. The van der Waals surface area contributed by atoms with E-state index in [1.54, 1.807) is 0 Å². The third kappa shape index (κ3) is 2.21. The molecule has 2 aromatic rings. The van der Waals surface area contributed by atoms with Gasteiger partial charge in [-0.05, 0) is 24.6 Å². The third-order valence-electron chi connectivity index (χ3n) is 4.72. The zero-order valence-electron chi connectivity index (χ0n) is 13.2. The van der Waals surface area contributed by atoms with E-state index in [0.717, 1.165) is 42.5 Å². The number of carbonyl (C=O) groups is 1. The van der Waals surface area contributed by atoms with Crippen LogP contribution in [0.5, 0.6) is 0 Å². The maximum absolute atomic E-state index is 11.8. The fourth-order valence-corrected chi connectivity index (χ4v) is 3.61. The van der Waals surface area contributed by atoms with Gasteiger partial charge in [-0.3, -0.25) is 4.90 Å². The van der Waals surface area contributed by atoms with Crippen LogP contribution in [0, 0.1) is 6.92 Å². The number of likely N-dealkylation sites (N-methyl/N-ethyl adjacent to an activating group) is 1. The largest absolute Gasteiger partial charge is 0.478 e.